The van der Waals surface area contributed by atoms with Gasteiger partial charge in [-0.1, -0.05) is 48.5 Å². The summed E-state index contributed by atoms with van der Waals surface area (Å²) < 4.78 is 4.25. The monoisotopic (exact) mass is 501 g/mol. The van der Waals surface area contributed by atoms with Gasteiger partial charge in [-0.2, -0.15) is 0 Å². The Balaban J connectivity index is -0.000000372. The molecule has 2 aromatic rings. The SMILES string of the molecule is O=C1O[C@H]([C@@H](O)CO)C(O)=C1[O-].[K+].[Na+].[O-]c1ccccc1[O-].[O-]c1ccccc1[O-].[Ti+4]. The van der Waals surface area contributed by atoms with E-state index in [1.807, 2.05) is 0 Å². The Morgan fingerprint density at radius 3 is 1.39 bits per heavy atom. The number of aliphatic hydroxyl groups excluding tert-OH is 3. The molecule has 1 heterocycles. The standard InChI is InChI=1S/C6H8O6.2C6H6O2.K.Na.Ti/c7-1-2(8)5-3(9)4(10)6(11)12-5;2*7-5-3-1-2-4-6(5)8;;;/h2,5,7-10H,1H2;2*1-4,7-8H;;;/q;;;2*+1;+4/p-5/t2-,5+;;;;;/m0...../s1. The molecule has 13 heteroatoms. The van der Waals surface area contributed by atoms with Crippen molar-refractivity contribution in [3.8, 4) is 23.0 Å². The van der Waals surface area contributed by atoms with Crippen LogP contribution in [-0.2, 0) is 31.2 Å². The third-order valence-corrected chi connectivity index (χ3v) is 3.16. The van der Waals surface area contributed by atoms with Crippen molar-refractivity contribution in [3.63, 3.8) is 0 Å². The summed E-state index contributed by atoms with van der Waals surface area (Å²) in [5.41, 5.74) is 0. The smallest absolute Gasteiger partial charge is 0.873 e. The Morgan fingerprint density at radius 2 is 1.19 bits per heavy atom. The molecule has 2 atom stereocenters. The summed E-state index contributed by atoms with van der Waals surface area (Å²) in [6.07, 6.45) is -2.88. The van der Waals surface area contributed by atoms with Crippen molar-refractivity contribution in [2.45, 2.75) is 12.2 Å². The third-order valence-electron chi connectivity index (χ3n) is 3.16. The zero-order chi connectivity index (χ0) is 21.3. The summed E-state index contributed by atoms with van der Waals surface area (Å²) in [6, 6.07) is 11.2. The van der Waals surface area contributed by atoms with Crippen LogP contribution in [0.15, 0.2) is 60.0 Å². The zero-order valence-corrected chi connectivity index (χ0v) is 23.4. The van der Waals surface area contributed by atoms with Gasteiger partial charge in [0.25, 0.3) is 0 Å². The summed E-state index contributed by atoms with van der Waals surface area (Å²) in [6.45, 7) is -0.699. The maximum atomic E-state index is 10.6. The summed E-state index contributed by atoms with van der Waals surface area (Å²) in [5, 5.41) is 78.0. The molecule has 3 N–H and O–H groups in total. The van der Waals surface area contributed by atoms with Crippen molar-refractivity contribution < 1.29 is 153 Å². The molecule has 152 valence electrons. The quantitative estimate of drug-likeness (QED) is 0.262. The molecule has 1 aliphatic heterocycles. The van der Waals surface area contributed by atoms with Gasteiger partial charge in [0.05, 0.1) is 6.61 Å². The minimum atomic E-state index is -1.46. The molecule has 0 amide bonds. The van der Waals surface area contributed by atoms with Crippen LogP contribution in [0.1, 0.15) is 0 Å². The van der Waals surface area contributed by atoms with E-state index in [4.69, 9.17) is 15.3 Å². The van der Waals surface area contributed by atoms with Gasteiger partial charge in [0.15, 0.2) is 6.10 Å². The predicted octanol–water partition coefficient (Wildman–Crippen LogP) is -8.93. The van der Waals surface area contributed by atoms with Gasteiger partial charge < -0.3 is 45.6 Å². The fraction of sp³-hybridized carbons (Fsp3) is 0.167. The molecule has 3 rings (SSSR count). The van der Waals surface area contributed by atoms with Crippen LogP contribution in [0.4, 0.5) is 0 Å². The second kappa shape index (κ2) is 18.2. The van der Waals surface area contributed by atoms with E-state index in [2.05, 4.69) is 4.74 Å². The minimum absolute atomic E-state index is 0. The molecule has 31 heavy (non-hydrogen) atoms. The second-order valence-corrected chi connectivity index (χ2v) is 5.18. The molecular formula is C18H15KNaO10Ti+. The molecule has 0 aliphatic carbocycles. The Labute approximate surface area is 257 Å². The van der Waals surface area contributed by atoms with Crippen molar-refractivity contribution in [3.05, 3.63) is 60.0 Å². The van der Waals surface area contributed by atoms with Crippen LogP contribution in [0.2, 0.25) is 0 Å². The van der Waals surface area contributed by atoms with E-state index in [0.29, 0.717) is 0 Å². The van der Waals surface area contributed by atoms with Gasteiger partial charge >= 0.3 is 109 Å². The molecule has 0 fully saturated rings. The number of benzene rings is 2. The van der Waals surface area contributed by atoms with E-state index in [1.165, 1.54) is 24.3 Å². The third kappa shape index (κ3) is 11.9. The van der Waals surface area contributed by atoms with Crippen molar-refractivity contribution in [1.82, 2.24) is 0 Å². The number of cyclic esters (lactones) is 1. The fourth-order valence-corrected chi connectivity index (χ4v) is 1.72. The van der Waals surface area contributed by atoms with E-state index < -0.39 is 59.3 Å². The van der Waals surface area contributed by atoms with Crippen LogP contribution in [-0.4, -0.2) is 40.1 Å². The summed E-state index contributed by atoms with van der Waals surface area (Å²) >= 11 is 0. The fourth-order valence-electron chi connectivity index (χ4n) is 1.72. The Morgan fingerprint density at radius 1 is 0.871 bits per heavy atom. The topological polar surface area (TPSA) is 202 Å². The van der Waals surface area contributed by atoms with Crippen LogP contribution in [0.5, 0.6) is 23.0 Å². The number of para-hydroxylation sites is 4. The van der Waals surface area contributed by atoms with Crippen LogP contribution in [0.3, 0.4) is 0 Å². The normalized spacial score (nSPS) is 14.6. The van der Waals surface area contributed by atoms with E-state index >= 15 is 0 Å². The second-order valence-electron chi connectivity index (χ2n) is 5.18. The number of hydrogen-bond donors (Lipinski definition) is 3. The average Bonchev–Trinajstić information content (AvgIpc) is 2.94. The van der Waals surface area contributed by atoms with Crippen molar-refractivity contribution >= 4 is 5.97 Å². The van der Waals surface area contributed by atoms with E-state index in [1.54, 1.807) is 24.3 Å². The van der Waals surface area contributed by atoms with Crippen LogP contribution in [0.25, 0.3) is 0 Å². The van der Waals surface area contributed by atoms with Gasteiger partial charge in [-0.15, -0.1) is 23.0 Å². The predicted molar refractivity (Wildman–Crippen MR) is 83.3 cm³/mol. The Bertz CT molecular complexity index is 751. The van der Waals surface area contributed by atoms with Gasteiger partial charge in [0, 0.05) is 5.76 Å². The van der Waals surface area contributed by atoms with Crippen molar-refractivity contribution in [1.29, 1.82) is 0 Å². The van der Waals surface area contributed by atoms with Crippen LogP contribution < -0.4 is 106 Å². The molecule has 0 saturated carbocycles. The number of carbonyl (C=O) groups is 1. The molecule has 2 aromatic carbocycles. The molecule has 10 nitrogen and oxygen atoms in total. The van der Waals surface area contributed by atoms with Gasteiger partial charge in [0.1, 0.15) is 11.9 Å². The Hall–Kier alpha value is -0.279. The van der Waals surface area contributed by atoms with Gasteiger partial charge in [0.2, 0.25) is 0 Å². The summed E-state index contributed by atoms with van der Waals surface area (Å²) in [7, 11) is 0. The van der Waals surface area contributed by atoms with E-state index in [0.717, 1.165) is 0 Å². The molecule has 0 unspecified atom stereocenters. The first-order valence-electron chi connectivity index (χ1n) is 7.65. The maximum absolute atomic E-state index is 10.6. The van der Waals surface area contributed by atoms with Crippen molar-refractivity contribution in [2.24, 2.45) is 0 Å². The molecule has 0 bridgehead atoms. The van der Waals surface area contributed by atoms with Gasteiger partial charge in [-0.05, 0) is 0 Å². The molecule has 1 aliphatic rings. The first-order chi connectivity index (χ1) is 13.2. The zero-order valence-electron chi connectivity index (χ0n) is 16.7. The number of aliphatic hydroxyl groups is 3. The number of carbonyl (C=O) groups excluding carboxylic acids is 1. The summed E-state index contributed by atoms with van der Waals surface area (Å²) in [5.74, 6) is -5.00. The maximum Gasteiger partial charge on any atom is 4.00 e. The number of esters is 1. The van der Waals surface area contributed by atoms with Crippen LogP contribution >= 0.6 is 0 Å². The average molecular weight is 501 g/mol. The number of rotatable bonds is 2. The van der Waals surface area contributed by atoms with E-state index in [9.17, 15) is 30.3 Å². The molecule has 0 spiro atoms. The Kier molecular flexibility index (Phi) is 20.7. The van der Waals surface area contributed by atoms with Gasteiger partial charge in [-0.25, -0.2) is 4.79 Å². The number of hydrogen-bond acceptors (Lipinski definition) is 10. The van der Waals surface area contributed by atoms with Gasteiger partial charge in [-0.3, -0.25) is 0 Å². The molecular weight excluding hydrogens is 486 g/mol. The molecule has 0 aromatic heterocycles. The number of ether oxygens (including phenoxy) is 1. The minimum Gasteiger partial charge on any atom is -0.873 e. The van der Waals surface area contributed by atoms with Crippen LogP contribution in [0, 0.1) is 0 Å². The molecule has 0 saturated heterocycles. The largest absolute Gasteiger partial charge is 4.00 e. The summed E-state index contributed by atoms with van der Waals surface area (Å²) in [4.78, 5) is 10.5. The molecule has 0 radical (unpaired) electrons. The first kappa shape index (κ1) is 35.3. The van der Waals surface area contributed by atoms with Crippen molar-refractivity contribution in [2.75, 3.05) is 6.61 Å². The van der Waals surface area contributed by atoms with E-state index in [-0.39, 0.29) is 103 Å². The first-order valence-corrected chi connectivity index (χ1v) is 7.65.